The molecule has 3 rings (SSSR count). The second kappa shape index (κ2) is 8.89. The lowest BCUT2D eigenvalue weighted by atomic mass is 10.2. The highest BCUT2D eigenvalue weighted by Gasteiger charge is 2.22. The van der Waals surface area contributed by atoms with Gasteiger partial charge in [-0.3, -0.25) is 4.90 Å². The predicted molar refractivity (Wildman–Crippen MR) is 112 cm³/mol. The van der Waals surface area contributed by atoms with Gasteiger partial charge in [0, 0.05) is 23.1 Å². The van der Waals surface area contributed by atoms with Crippen LogP contribution < -0.4 is 5.32 Å². The summed E-state index contributed by atoms with van der Waals surface area (Å²) in [6.45, 7) is 0.641. The second-order valence-corrected chi connectivity index (χ2v) is 7.76. The van der Waals surface area contributed by atoms with E-state index >= 15 is 0 Å². The molecule has 1 N–H and O–H groups in total. The average molecular weight is 455 g/mol. The average Bonchev–Trinajstić information content (AvgIpc) is 2.86. The van der Waals surface area contributed by atoms with Gasteiger partial charge in [0.05, 0.1) is 15.7 Å². The molecule has 0 spiro atoms. The molecule has 1 aliphatic rings. The largest absolute Gasteiger partial charge is 0.327 e. The Morgan fingerprint density at radius 3 is 2.54 bits per heavy atom. The third-order valence-electron chi connectivity index (χ3n) is 4.09. The molecule has 0 radical (unpaired) electrons. The van der Waals surface area contributed by atoms with E-state index in [4.69, 9.17) is 28.2 Å². The van der Waals surface area contributed by atoms with Crippen LogP contribution in [0.3, 0.4) is 0 Å². The van der Waals surface area contributed by atoms with Crippen LogP contribution in [-0.2, 0) is 0 Å². The molecule has 26 heavy (non-hydrogen) atoms. The van der Waals surface area contributed by atoms with Gasteiger partial charge >= 0.3 is 6.03 Å². The minimum atomic E-state index is -0.207. The molecule has 1 heterocycles. The molecule has 1 saturated heterocycles. The van der Waals surface area contributed by atoms with E-state index in [1.807, 2.05) is 24.3 Å². The van der Waals surface area contributed by atoms with Crippen molar-refractivity contribution in [2.24, 2.45) is 4.99 Å². The number of halogens is 3. The van der Waals surface area contributed by atoms with Crippen molar-refractivity contribution in [2.45, 2.75) is 25.7 Å². The lowest BCUT2D eigenvalue weighted by Crippen LogP contribution is -2.39. The topological polar surface area (TPSA) is 44.7 Å². The number of urea groups is 1. The van der Waals surface area contributed by atoms with Gasteiger partial charge in [-0.25, -0.2) is 9.79 Å². The summed E-state index contributed by atoms with van der Waals surface area (Å²) in [5.41, 5.74) is 1.44. The Kier molecular flexibility index (Phi) is 6.57. The van der Waals surface area contributed by atoms with Crippen LogP contribution >= 0.6 is 39.1 Å². The van der Waals surface area contributed by atoms with Crippen molar-refractivity contribution in [3.8, 4) is 0 Å². The fourth-order valence-corrected chi connectivity index (χ4v) is 3.32. The van der Waals surface area contributed by atoms with E-state index in [2.05, 4.69) is 21.2 Å². The van der Waals surface area contributed by atoms with Gasteiger partial charge in [0.15, 0.2) is 0 Å². The zero-order chi connectivity index (χ0) is 18.5. The van der Waals surface area contributed by atoms with Gasteiger partial charge in [-0.1, -0.05) is 45.6 Å². The summed E-state index contributed by atoms with van der Waals surface area (Å²) in [5.74, 6) is 0.780. The summed E-state index contributed by atoms with van der Waals surface area (Å²) in [6, 6.07) is 12.6. The molecule has 7 heteroatoms. The zero-order valence-electron chi connectivity index (χ0n) is 14.0. The number of hydrogen-bond donors (Lipinski definition) is 1. The molecule has 4 nitrogen and oxygen atoms in total. The fourth-order valence-electron chi connectivity index (χ4n) is 2.76. The first-order valence-corrected chi connectivity index (χ1v) is 9.94. The van der Waals surface area contributed by atoms with Crippen molar-refractivity contribution in [1.82, 2.24) is 4.90 Å². The first kappa shape index (κ1) is 19.2. The van der Waals surface area contributed by atoms with E-state index in [1.165, 1.54) is 0 Å². The Morgan fingerprint density at radius 1 is 1.04 bits per heavy atom. The van der Waals surface area contributed by atoms with Gasteiger partial charge in [-0.2, -0.15) is 0 Å². The highest BCUT2D eigenvalue weighted by molar-refractivity contribution is 9.10. The van der Waals surface area contributed by atoms with E-state index < -0.39 is 0 Å². The number of hydrogen-bond acceptors (Lipinski definition) is 2. The molecule has 0 saturated carbocycles. The van der Waals surface area contributed by atoms with Crippen LogP contribution in [-0.4, -0.2) is 23.3 Å². The SMILES string of the molecule is O=C(Nc1ccc(Cl)c(Cl)c1)N1CCCCCC1=Nc1ccc(Br)cc1. The molecular weight excluding hydrogens is 437 g/mol. The number of nitrogens with zero attached hydrogens (tertiary/aromatic N) is 2. The molecule has 1 fully saturated rings. The number of anilines is 1. The molecule has 0 bridgehead atoms. The minimum Gasteiger partial charge on any atom is -0.307 e. The molecule has 0 unspecified atom stereocenters. The van der Waals surface area contributed by atoms with Crippen molar-refractivity contribution in [3.63, 3.8) is 0 Å². The van der Waals surface area contributed by atoms with Crippen molar-refractivity contribution >= 4 is 62.4 Å². The number of carbonyl (C=O) groups excluding carboxylic acids is 1. The molecule has 136 valence electrons. The quantitative estimate of drug-likeness (QED) is 0.527. The maximum atomic E-state index is 12.8. The number of likely N-dealkylation sites (tertiary alicyclic amines) is 1. The zero-order valence-corrected chi connectivity index (χ0v) is 17.1. The summed E-state index contributed by atoms with van der Waals surface area (Å²) >= 11 is 15.4. The molecular formula is C19H18BrCl2N3O. The van der Waals surface area contributed by atoms with Crippen LogP contribution in [0, 0.1) is 0 Å². The number of amides is 2. The Morgan fingerprint density at radius 2 is 1.81 bits per heavy atom. The number of carbonyl (C=O) groups is 1. The predicted octanol–water partition coefficient (Wildman–Crippen LogP) is 6.89. The standard InChI is InChI=1S/C19H18BrCl2N3O/c20-13-5-7-14(8-6-13)23-18-4-2-1-3-11-25(18)19(26)24-15-9-10-16(21)17(22)12-15/h5-10,12H,1-4,11H2,(H,24,26). The van der Waals surface area contributed by atoms with Crippen LogP contribution in [0.25, 0.3) is 0 Å². The molecule has 2 amide bonds. The lowest BCUT2D eigenvalue weighted by molar-refractivity contribution is 0.233. The van der Waals surface area contributed by atoms with Crippen molar-refractivity contribution in [1.29, 1.82) is 0 Å². The third-order valence-corrected chi connectivity index (χ3v) is 5.36. The van der Waals surface area contributed by atoms with E-state index in [9.17, 15) is 4.79 Å². The van der Waals surface area contributed by atoms with Crippen LogP contribution in [0.1, 0.15) is 25.7 Å². The Hall–Kier alpha value is -1.56. The highest BCUT2D eigenvalue weighted by atomic mass is 79.9. The number of amidine groups is 1. The first-order chi connectivity index (χ1) is 12.5. The third kappa shape index (κ3) is 5.00. The maximum Gasteiger partial charge on any atom is 0.327 e. The van der Waals surface area contributed by atoms with Crippen LogP contribution in [0.4, 0.5) is 16.2 Å². The molecule has 0 atom stereocenters. The molecule has 0 aliphatic carbocycles. The van der Waals surface area contributed by atoms with Crippen molar-refractivity contribution in [3.05, 3.63) is 57.0 Å². The molecule has 1 aliphatic heterocycles. The van der Waals surface area contributed by atoms with Gasteiger partial charge in [-0.05, 0) is 55.3 Å². The van der Waals surface area contributed by atoms with Crippen LogP contribution in [0.5, 0.6) is 0 Å². The summed E-state index contributed by atoms with van der Waals surface area (Å²) in [6.07, 6.45) is 3.82. The summed E-state index contributed by atoms with van der Waals surface area (Å²) in [7, 11) is 0. The van der Waals surface area contributed by atoms with Crippen molar-refractivity contribution < 1.29 is 4.79 Å². The Bertz CT molecular complexity index is 824. The lowest BCUT2D eigenvalue weighted by Gasteiger charge is -2.23. The number of benzene rings is 2. The highest BCUT2D eigenvalue weighted by Crippen LogP contribution is 2.26. The Labute approximate surface area is 171 Å². The van der Waals surface area contributed by atoms with Crippen LogP contribution in [0.15, 0.2) is 51.9 Å². The normalized spacial score (nSPS) is 16.4. The summed E-state index contributed by atoms with van der Waals surface area (Å²) in [5, 5.41) is 3.75. The van der Waals surface area contributed by atoms with E-state index in [0.29, 0.717) is 22.3 Å². The summed E-state index contributed by atoms with van der Waals surface area (Å²) in [4.78, 5) is 19.3. The molecule has 0 aromatic heterocycles. The number of rotatable bonds is 2. The Balaban J connectivity index is 1.82. The smallest absolute Gasteiger partial charge is 0.307 e. The fraction of sp³-hybridized carbons (Fsp3) is 0.263. The van der Waals surface area contributed by atoms with E-state index in [-0.39, 0.29) is 6.03 Å². The first-order valence-electron chi connectivity index (χ1n) is 8.39. The van der Waals surface area contributed by atoms with E-state index in [1.54, 1.807) is 23.1 Å². The summed E-state index contributed by atoms with van der Waals surface area (Å²) < 4.78 is 0.997. The molecule has 2 aromatic rings. The van der Waals surface area contributed by atoms with Gasteiger partial charge in [-0.15, -0.1) is 0 Å². The number of aliphatic imine (C=N–C) groups is 1. The van der Waals surface area contributed by atoms with Gasteiger partial charge in [0.25, 0.3) is 0 Å². The van der Waals surface area contributed by atoms with Crippen LogP contribution in [0.2, 0.25) is 10.0 Å². The number of nitrogens with one attached hydrogen (secondary N) is 1. The van der Waals surface area contributed by atoms with Gasteiger partial charge in [0.2, 0.25) is 0 Å². The molecule has 2 aromatic carbocycles. The second-order valence-electron chi connectivity index (χ2n) is 6.03. The monoisotopic (exact) mass is 453 g/mol. The van der Waals surface area contributed by atoms with E-state index in [0.717, 1.165) is 41.7 Å². The van der Waals surface area contributed by atoms with Gasteiger partial charge in [0.1, 0.15) is 5.84 Å². The van der Waals surface area contributed by atoms with Crippen molar-refractivity contribution in [2.75, 3.05) is 11.9 Å². The van der Waals surface area contributed by atoms with Gasteiger partial charge < -0.3 is 5.32 Å². The maximum absolute atomic E-state index is 12.8. The minimum absolute atomic E-state index is 0.207.